The Morgan fingerprint density at radius 3 is 2.65 bits per heavy atom. The molecule has 8 heteroatoms. The lowest BCUT2D eigenvalue weighted by Gasteiger charge is -2.04. The molecule has 26 heavy (non-hydrogen) atoms. The topological polar surface area (TPSA) is 64.1 Å². The highest BCUT2D eigenvalue weighted by Crippen LogP contribution is 2.24. The number of aromatic nitrogens is 2. The minimum atomic E-state index is -0.307. The van der Waals surface area contributed by atoms with Gasteiger partial charge >= 0.3 is 0 Å². The third-order valence-electron chi connectivity index (χ3n) is 3.42. The first-order valence-corrected chi connectivity index (χ1v) is 9.46. The summed E-state index contributed by atoms with van der Waals surface area (Å²) < 4.78 is 5.64. The molecule has 0 unspecified atom stereocenters. The number of amides is 1. The summed E-state index contributed by atoms with van der Waals surface area (Å²) in [5, 5.41) is 12.8. The lowest BCUT2D eigenvalue weighted by molar-refractivity contribution is 0.102. The Morgan fingerprint density at radius 1 is 1.08 bits per heavy atom. The molecule has 1 aromatic heterocycles. The van der Waals surface area contributed by atoms with E-state index in [0.29, 0.717) is 27.3 Å². The first-order valence-electron chi connectivity index (χ1n) is 7.88. The average Bonchev–Trinajstić information content (AvgIpc) is 3.09. The zero-order valence-corrected chi connectivity index (χ0v) is 15.9. The van der Waals surface area contributed by atoms with E-state index in [2.05, 4.69) is 15.5 Å². The molecule has 0 atom stereocenters. The molecule has 3 aromatic rings. The number of hydrogen-bond donors (Lipinski definition) is 1. The molecule has 0 fully saturated rings. The molecule has 0 saturated carbocycles. The third kappa shape index (κ3) is 5.17. The second-order valence-electron chi connectivity index (χ2n) is 5.35. The highest BCUT2D eigenvalue weighted by atomic mass is 35.5. The van der Waals surface area contributed by atoms with Crippen molar-refractivity contribution in [2.45, 2.75) is 12.8 Å². The van der Waals surface area contributed by atoms with Gasteiger partial charge in [-0.15, -0.1) is 10.2 Å². The Morgan fingerprint density at radius 2 is 1.88 bits per heavy atom. The van der Waals surface area contributed by atoms with Crippen LogP contribution in [-0.2, 0) is 6.42 Å². The van der Waals surface area contributed by atoms with Crippen molar-refractivity contribution < 1.29 is 9.53 Å². The zero-order valence-electron chi connectivity index (χ0n) is 13.6. The van der Waals surface area contributed by atoms with Crippen LogP contribution < -0.4 is 10.1 Å². The summed E-state index contributed by atoms with van der Waals surface area (Å²) in [6.45, 7) is 0.592. The molecule has 0 aliphatic heterocycles. The molecular weight excluding hydrogens is 393 g/mol. The number of aryl methyl sites for hydroxylation is 1. The van der Waals surface area contributed by atoms with Gasteiger partial charge in [-0.2, -0.15) is 0 Å². The van der Waals surface area contributed by atoms with Crippen molar-refractivity contribution in [1.29, 1.82) is 0 Å². The standard InChI is InChI=1S/C18H15Cl2N3O2S/c19-14-9-8-12(11-15(14)20)17(24)21-18-23-22-16(26-18)7-4-10-25-13-5-2-1-3-6-13/h1-3,5-6,8-9,11H,4,7,10H2,(H,21,23,24). The van der Waals surface area contributed by atoms with E-state index >= 15 is 0 Å². The molecular formula is C18H15Cl2N3O2S. The van der Waals surface area contributed by atoms with Gasteiger partial charge in [0.15, 0.2) is 0 Å². The van der Waals surface area contributed by atoms with E-state index in [1.807, 2.05) is 30.3 Å². The van der Waals surface area contributed by atoms with Gasteiger partial charge in [0.25, 0.3) is 5.91 Å². The lowest BCUT2D eigenvalue weighted by Crippen LogP contribution is -2.11. The first kappa shape index (κ1) is 18.6. The molecule has 0 aliphatic carbocycles. The molecule has 2 aromatic carbocycles. The summed E-state index contributed by atoms with van der Waals surface area (Å²) in [6.07, 6.45) is 1.54. The number of para-hydroxylation sites is 1. The van der Waals surface area contributed by atoms with Crippen LogP contribution in [0.2, 0.25) is 10.0 Å². The second-order valence-corrected chi connectivity index (χ2v) is 7.23. The molecule has 0 bridgehead atoms. The van der Waals surface area contributed by atoms with Crippen LogP contribution in [0.1, 0.15) is 21.8 Å². The predicted octanol–water partition coefficient (Wildman–Crippen LogP) is 5.11. The van der Waals surface area contributed by atoms with Crippen LogP contribution in [0.5, 0.6) is 5.75 Å². The summed E-state index contributed by atoms with van der Waals surface area (Å²) in [5.74, 6) is 0.540. The van der Waals surface area contributed by atoms with Gasteiger partial charge in [-0.25, -0.2) is 0 Å². The number of anilines is 1. The fraction of sp³-hybridized carbons (Fsp3) is 0.167. The number of rotatable bonds is 7. The Kier molecular flexibility index (Phi) is 6.44. The first-order chi connectivity index (χ1) is 12.6. The minimum Gasteiger partial charge on any atom is -0.494 e. The van der Waals surface area contributed by atoms with Gasteiger partial charge in [0.1, 0.15) is 10.8 Å². The summed E-state index contributed by atoms with van der Waals surface area (Å²) in [5.41, 5.74) is 0.410. The van der Waals surface area contributed by atoms with E-state index in [-0.39, 0.29) is 5.91 Å². The van der Waals surface area contributed by atoms with Crippen LogP contribution in [0.4, 0.5) is 5.13 Å². The number of benzene rings is 2. The molecule has 0 spiro atoms. The molecule has 3 rings (SSSR count). The van der Waals surface area contributed by atoms with Crippen molar-refractivity contribution in [1.82, 2.24) is 10.2 Å². The molecule has 0 aliphatic rings. The van der Waals surface area contributed by atoms with E-state index in [4.69, 9.17) is 27.9 Å². The van der Waals surface area contributed by atoms with E-state index in [0.717, 1.165) is 23.6 Å². The van der Waals surface area contributed by atoms with Crippen LogP contribution in [0.25, 0.3) is 0 Å². The lowest BCUT2D eigenvalue weighted by atomic mass is 10.2. The normalized spacial score (nSPS) is 10.5. The second kappa shape index (κ2) is 8.98. The Hall–Kier alpha value is -2.15. The summed E-state index contributed by atoms with van der Waals surface area (Å²) in [4.78, 5) is 12.2. The number of nitrogens with one attached hydrogen (secondary N) is 1. The predicted molar refractivity (Wildman–Crippen MR) is 105 cm³/mol. The number of carbonyl (C=O) groups excluding carboxylic acids is 1. The molecule has 1 N–H and O–H groups in total. The molecule has 0 saturated heterocycles. The van der Waals surface area contributed by atoms with Gasteiger partial charge in [-0.05, 0) is 36.8 Å². The summed E-state index contributed by atoms with van der Waals surface area (Å²) >= 11 is 13.1. The third-order valence-corrected chi connectivity index (χ3v) is 5.05. The Bertz CT molecular complexity index is 887. The molecule has 1 amide bonds. The number of ether oxygens (including phenoxy) is 1. The van der Waals surface area contributed by atoms with E-state index < -0.39 is 0 Å². The summed E-state index contributed by atoms with van der Waals surface area (Å²) in [7, 11) is 0. The maximum atomic E-state index is 12.2. The quantitative estimate of drug-likeness (QED) is 0.552. The minimum absolute atomic E-state index is 0.307. The maximum absolute atomic E-state index is 12.2. The van der Waals surface area contributed by atoms with Crippen LogP contribution in [0, 0.1) is 0 Å². The molecule has 1 heterocycles. The van der Waals surface area contributed by atoms with Crippen molar-refractivity contribution in [2.75, 3.05) is 11.9 Å². The maximum Gasteiger partial charge on any atom is 0.257 e. The van der Waals surface area contributed by atoms with Crippen LogP contribution in [-0.4, -0.2) is 22.7 Å². The largest absolute Gasteiger partial charge is 0.494 e. The molecule has 134 valence electrons. The fourth-order valence-electron chi connectivity index (χ4n) is 2.14. The van der Waals surface area contributed by atoms with Crippen molar-refractivity contribution >= 4 is 45.6 Å². The highest BCUT2D eigenvalue weighted by Gasteiger charge is 2.11. The SMILES string of the molecule is O=C(Nc1nnc(CCCOc2ccccc2)s1)c1ccc(Cl)c(Cl)c1. The highest BCUT2D eigenvalue weighted by molar-refractivity contribution is 7.15. The van der Waals surface area contributed by atoms with E-state index in [1.165, 1.54) is 17.4 Å². The van der Waals surface area contributed by atoms with Gasteiger partial charge in [0.05, 0.1) is 16.7 Å². The monoisotopic (exact) mass is 407 g/mol. The Balaban J connectivity index is 1.48. The van der Waals surface area contributed by atoms with Gasteiger partial charge in [0.2, 0.25) is 5.13 Å². The van der Waals surface area contributed by atoms with E-state index in [9.17, 15) is 4.79 Å². The smallest absolute Gasteiger partial charge is 0.257 e. The van der Waals surface area contributed by atoms with Crippen LogP contribution >= 0.6 is 34.5 Å². The van der Waals surface area contributed by atoms with Gasteiger partial charge in [0, 0.05) is 12.0 Å². The van der Waals surface area contributed by atoms with Gasteiger partial charge < -0.3 is 4.74 Å². The zero-order chi connectivity index (χ0) is 18.4. The number of halogens is 2. The van der Waals surface area contributed by atoms with Crippen LogP contribution in [0.15, 0.2) is 48.5 Å². The summed E-state index contributed by atoms with van der Waals surface area (Å²) in [6, 6.07) is 14.3. The molecule has 0 radical (unpaired) electrons. The molecule has 5 nitrogen and oxygen atoms in total. The van der Waals surface area contributed by atoms with Gasteiger partial charge in [-0.1, -0.05) is 52.7 Å². The van der Waals surface area contributed by atoms with Gasteiger partial charge in [-0.3, -0.25) is 10.1 Å². The fourth-order valence-corrected chi connectivity index (χ4v) is 3.22. The number of carbonyl (C=O) groups is 1. The Labute approximate surface area is 164 Å². The average molecular weight is 408 g/mol. The van der Waals surface area contributed by atoms with Crippen molar-refractivity contribution in [3.05, 3.63) is 69.1 Å². The van der Waals surface area contributed by atoms with E-state index in [1.54, 1.807) is 12.1 Å². The van der Waals surface area contributed by atoms with Crippen molar-refractivity contribution in [3.63, 3.8) is 0 Å². The van der Waals surface area contributed by atoms with Crippen LogP contribution in [0.3, 0.4) is 0 Å². The number of hydrogen-bond acceptors (Lipinski definition) is 5. The van der Waals surface area contributed by atoms with Crippen molar-refractivity contribution in [3.8, 4) is 5.75 Å². The number of nitrogens with zero attached hydrogens (tertiary/aromatic N) is 2. The van der Waals surface area contributed by atoms with Crippen molar-refractivity contribution in [2.24, 2.45) is 0 Å².